The van der Waals surface area contributed by atoms with E-state index in [0.29, 0.717) is 24.7 Å². The zero-order valence-corrected chi connectivity index (χ0v) is 10.7. The largest absolute Gasteiger partial charge is 0.456 e. The summed E-state index contributed by atoms with van der Waals surface area (Å²) < 4.78 is 4.70. The predicted molar refractivity (Wildman–Crippen MR) is 65.0 cm³/mol. The second-order valence-electron chi connectivity index (χ2n) is 4.09. The number of pyridine rings is 1. The van der Waals surface area contributed by atoms with E-state index in [2.05, 4.69) is 4.98 Å². The van der Waals surface area contributed by atoms with Crippen molar-refractivity contribution in [3.8, 4) is 0 Å². The quantitative estimate of drug-likeness (QED) is 0.597. The Morgan fingerprint density at radius 2 is 2.28 bits per heavy atom. The Balaban J connectivity index is 2.01. The molecule has 0 saturated carbocycles. The highest BCUT2D eigenvalue weighted by atomic mass is 35.5. The lowest BCUT2D eigenvalue weighted by atomic mass is 10.1. The summed E-state index contributed by atoms with van der Waals surface area (Å²) in [7, 11) is 0. The number of fused-ring (bicyclic) bond motifs is 1. The summed E-state index contributed by atoms with van der Waals surface area (Å²) in [6.45, 7) is 2.14. The molecule has 0 atom stereocenters. The lowest BCUT2D eigenvalue weighted by Crippen LogP contribution is -2.38. The van der Waals surface area contributed by atoms with Crippen molar-refractivity contribution in [2.75, 3.05) is 13.2 Å². The normalized spacial score (nSPS) is 14.0. The standard InChI is InChI=1S/C12H13ClN2O3/c1-8(16)18-7-12(17)15-5-4-10-9(6-15)2-3-11(13)14-10/h2-3H,4-7H2,1H3. The summed E-state index contributed by atoms with van der Waals surface area (Å²) in [5, 5.41) is 0.466. The van der Waals surface area contributed by atoms with Gasteiger partial charge in [-0.15, -0.1) is 0 Å². The Bertz CT molecular complexity index is 490. The number of hydrogen-bond acceptors (Lipinski definition) is 4. The van der Waals surface area contributed by atoms with E-state index in [-0.39, 0.29) is 12.5 Å². The van der Waals surface area contributed by atoms with Gasteiger partial charge in [0, 0.05) is 32.1 Å². The molecule has 1 aromatic heterocycles. The smallest absolute Gasteiger partial charge is 0.303 e. The van der Waals surface area contributed by atoms with Gasteiger partial charge in [-0.3, -0.25) is 9.59 Å². The van der Waals surface area contributed by atoms with Crippen LogP contribution in [0, 0.1) is 0 Å². The van der Waals surface area contributed by atoms with Crippen LogP contribution in [0.5, 0.6) is 0 Å². The van der Waals surface area contributed by atoms with Crippen LogP contribution < -0.4 is 0 Å². The van der Waals surface area contributed by atoms with Crippen LogP contribution in [0.4, 0.5) is 0 Å². The first-order valence-electron chi connectivity index (χ1n) is 5.61. The first-order chi connectivity index (χ1) is 8.56. The molecule has 0 fully saturated rings. The van der Waals surface area contributed by atoms with E-state index in [1.807, 2.05) is 6.07 Å². The minimum Gasteiger partial charge on any atom is -0.456 e. The fraction of sp³-hybridized carbons (Fsp3) is 0.417. The van der Waals surface area contributed by atoms with Crippen LogP contribution in [-0.4, -0.2) is 34.9 Å². The van der Waals surface area contributed by atoms with Crippen LogP contribution in [0.15, 0.2) is 12.1 Å². The predicted octanol–water partition coefficient (Wildman–Crippen LogP) is 1.18. The SMILES string of the molecule is CC(=O)OCC(=O)N1CCc2nc(Cl)ccc2C1. The van der Waals surface area contributed by atoms with E-state index in [4.69, 9.17) is 16.3 Å². The van der Waals surface area contributed by atoms with E-state index >= 15 is 0 Å². The Hall–Kier alpha value is -1.62. The number of nitrogens with zero attached hydrogens (tertiary/aromatic N) is 2. The molecule has 0 saturated heterocycles. The highest BCUT2D eigenvalue weighted by Gasteiger charge is 2.22. The molecule has 1 aliphatic heterocycles. The molecule has 1 aliphatic rings. The molecule has 1 amide bonds. The Morgan fingerprint density at radius 1 is 1.50 bits per heavy atom. The van der Waals surface area contributed by atoms with Crippen molar-refractivity contribution in [2.45, 2.75) is 19.9 Å². The second kappa shape index (κ2) is 5.35. The summed E-state index contributed by atoms with van der Waals surface area (Å²) in [6, 6.07) is 3.58. The lowest BCUT2D eigenvalue weighted by molar-refractivity contribution is -0.150. The maximum absolute atomic E-state index is 11.8. The third-order valence-electron chi connectivity index (χ3n) is 2.77. The van der Waals surface area contributed by atoms with E-state index in [1.165, 1.54) is 6.92 Å². The molecule has 0 spiro atoms. The van der Waals surface area contributed by atoms with Gasteiger partial charge in [-0.1, -0.05) is 17.7 Å². The van der Waals surface area contributed by atoms with Gasteiger partial charge in [-0.05, 0) is 11.6 Å². The molecule has 5 nitrogen and oxygen atoms in total. The number of esters is 1. The van der Waals surface area contributed by atoms with Crippen molar-refractivity contribution in [3.63, 3.8) is 0 Å². The number of halogens is 1. The number of hydrogen-bond donors (Lipinski definition) is 0. The van der Waals surface area contributed by atoms with Gasteiger partial charge in [0.25, 0.3) is 5.91 Å². The summed E-state index contributed by atoms with van der Waals surface area (Å²) in [6.07, 6.45) is 0.668. The molecule has 6 heteroatoms. The summed E-state index contributed by atoms with van der Waals surface area (Å²) >= 11 is 5.81. The molecule has 0 radical (unpaired) electrons. The second-order valence-corrected chi connectivity index (χ2v) is 4.47. The molecule has 1 aromatic rings. The zero-order chi connectivity index (χ0) is 13.1. The molecule has 0 bridgehead atoms. The average Bonchev–Trinajstić information content (AvgIpc) is 2.35. The van der Waals surface area contributed by atoms with Gasteiger partial charge in [0.2, 0.25) is 0 Å². The van der Waals surface area contributed by atoms with E-state index < -0.39 is 5.97 Å². The molecule has 96 valence electrons. The van der Waals surface area contributed by atoms with Gasteiger partial charge in [-0.2, -0.15) is 0 Å². The highest BCUT2D eigenvalue weighted by Crippen LogP contribution is 2.19. The first-order valence-corrected chi connectivity index (χ1v) is 5.99. The monoisotopic (exact) mass is 268 g/mol. The van der Waals surface area contributed by atoms with Crippen molar-refractivity contribution in [2.24, 2.45) is 0 Å². The molecule has 0 unspecified atom stereocenters. The number of carbonyl (C=O) groups excluding carboxylic acids is 2. The molecular weight excluding hydrogens is 256 g/mol. The topological polar surface area (TPSA) is 59.5 Å². The van der Waals surface area contributed by atoms with Crippen molar-refractivity contribution in [3.05, 3.63) is 28.5 Å². The molecular formula is C12H13ClN2O3. The summed E-state index contributed by atoms with van der Waals surface area (Å²) in [4.78, 5) is 28.3. The van der Waals surface area contributed by atoms with Gasteiger partial charge in [0.05, 0.1) is 0 Å². The van der Waals surface area contributed by atoms with Gasteiger partial charge >= 0.3 is 5.97 Å². The molecule has 2 rings (SSSR count). The van der Waals surface area contributed by atoms with Crippen LogP contribution in [0.1, 0.15) is 18.2 Å². The van der Waals surface area contributed by atoms with Crippen LogP contribution in [0.25, 0.3) is 0 Å². The van der Waals surface area contributed by atoms with E-state index in [9.17, 15) is 9.59 Å². The fourth-order valence-corrected chi connectivity index (χ4v) is 2.02. The number of aromatic nitrogens is 1. The summed E-state index contributed by atoms with van der Waals surface area (Å²) in [5.74, 6) is -0.639. The third-order valence-corrected chi connectivity index (χ3v) is 2.98. The Kier molecular flexibility index (Phi) is 3.81. The lowest BCUT2D eigenvalue weighted by Gasteiger charge is -2.28. The van der Waals surface area contributed by atoms with E-state index in [1.54, 1.807) is 11.0 Å². The first kappa shape index (κ1) is 12.8. The van der Waals surface area contributed by atoms with Crippen LogP contribution in [-0.2, 0) is 27.3 Å². The van der Waals surface area contributed by atoms with Gasteiger partial charge in [0.1, 0.15) is 5.15 Å². The molecule has 0 aliphatic carbocycles. The fourth-order valence-electron chi connectivity index (χ4n) is 1.86. The minimum atomic E-state index is -0.450. The third kappa shape index (κ3) is 2.98. The molecule has 18 heavy (non-hydrogen) atoms. The van der Waals surface area contributed by atoms with Crippen LogP contribution in [0.2, 0.25) is 5.15 Å². The minimum absolute atomic E-state index is 0.189. The Labute approximate surface area is 110 Å². The van der Waals surface area contributed by atoms with Gasteiger partial charge in [-0.25, -0.2) is 4.98 Å². The molecule has 2 heterocycles. The maximum Gasteiger partial charge on any atom is 0.303 e. The number of rotatable bonds is 2. The van der Waals surface area contributed by atoms with Gasteiger partial charge < -0.3 is 9.64 Å². The number of ether oxygens (including phenoxy) is 1. The highest BCUT2D eigenvalue weighted by molar-refractivity contribution is 6.29. The van der Waals surface area contributed by atoms with Crippen molar-refractivity contribution >= 4 is 23.5 Å². The zero-order valence-electron chi connectivity index (χ0n) is 9.98. The molecule has 0 N–H and O–H groups in total. The maximum atomic E-state index is 11.8. The number of amides is 1. The Morgan fingerprint density at radius 3 is 3.00 bits per heavy atom. The van der Waals surface area contributed by atoms with Crippen molar-refractivity contribution in [1.82, 2.24) is 9.88 Å². The average molecular weight is 269 g/mol. The van der Waals surface area contributed by atoms with Gasteiger partial charge in [0.15, 0.2) is 6.61 Å². The van der Waals surface area contributed by atoms with Crippen LogP contribution >= 0.6 is 11.6 Å². The molecule has 0 aromatic carbocycles. The van der Waals surface area contributed by atoms with Crippen molar-refractivity contribution < 1.29 is 14.3 Å². The number of carbonyl (C=O) groups is 2. The summed E-state index contributed by atoms with van der Waals surface area (Å²) in [5.41, 5.74) is 1.92. The van der Waals surface area contributed by atoms with E-state index in [0.717, 1.165) is 11.3 Å². The van der Waals surface area contributed by atoms with Crippen molar-refractivity contribution in [1.29, 1.82) is 0 Å². The van der Waals surface area contributed by atoms with Crippen LogP contribution in [0.3, 0.4) is 0 Å².